The van der Waals surface area contributed by atoms with E-state index in [2.05, 4.69) is 29.7 Å². The number of rotatable bonds is 8. The van der Waals surface area contributed by atoms with Gasteiger partial charge < -0.3 is 19.8 Å². The topological polar surface area (TPSA) is 75.9 Å². The Morgan fingerprint density at radius 2 is 1.93 bits per heavy atom. The lowest BCUT2D eigenvalue weighted by atomic mass is 9.86. The van der Waals surface area contributed by atoms with E-state index in [1.54, 1.807) is 6.26 Å². The number of aliphatic imine (C=N–C) groups is 1. The Morgan fingerprint density at radius 3 is 2.60 bits per heavy atom. The van der Waals surface area contributed by atoms with Crippen molar-refractivity contribution < 1.29 is 13.9 Å². The highest BCUT2D eigenvalue weighted by Gasteiger charge is 2.27. The lowest BCUT2D eigenvalue weighted by Gasteiger charge is -2.30. The third-order valence-corrected chi connectivity index (χ3v) is 5.55. The van der Waals surface area contributed by atoms with Crippen LogP contribution in [0.4, 0.5) is 0 Å². The minimum absolute atomic E-state index is 0.0264. The van der Waals surface area contributed by atoms with Gasteiger partial charge in [-0.05, 0) is 57.2 Å². The van der Waals surface area contributed by atoms with E-state index in [1.807, 2.05) is 37.3 Å². The van der Waals surface area contributed by atoms with Crippen LogP contribution in [-0.2, 0) is 16.0 Å². The van der Waals surface area contributed by atoms with Crippen LogP contribution >= 0.6 is 0 Å². The normalized spacial score (nSPS) is 20.4. The second-order valence-electron chi connectivity index (χ2n) is 7.78. The first kappa shape index (κ1) is 21.9. The highest BCUT2D eigenvalue weighted by atomic mass is 16.5. The number of guanidine groups is 1. The van der Waals surface area contributed by atoms with Gasteiger partial charge in [-0.3, -0.25) is 9.79 Å². The van der Waals surface area contributed by atoms with Gasteiger partial charge in [0.05, 0.1) is 24.8 Å². The number of nitrogens with zero attached hydrogens (tertiary/aromatic N) is 1. The molecule has 2 aromatic rings. The third-order valence-electron chi connectivity index (χ3n) is 5.55. The SMILES string of the molecule is CCOC(=O)C1CCC(NC(=NCCc2ccco2)NC(C)c2ccccc2)CC1. The molecule has 1 aliphatic rings. The maximum absolute atomic E-state index is 12.0. The van der Waals surface area contributed by atoms with Gasteiger partial charge in [0.25, 0.3) is 0 Å². The van der Waals surface area contributed by atoms with Gasteiger partial charge in [0.2, 0.25) is 0 Å². The second-order valence-corrected chi connectivity index (χ2v) is 7.78. The average molecular weight is 412 g/mol. The molecule has 1 saturated carbocycles. The minimum Gasteiger partial charge on any atom is -0.469 e. The number of carbonyl (C=O) groups is 1. The molecule has 1 heterocycles. The number of carbonyl (C=O) groups excluding carboxylic acids is 1. The molecule has 0 aliphatic heterocycles. The lowest BCUT2D eigenvalue weighted by Crippen LogP contribution is -2.46. The summed E-state index contributed by atoms with van der Waals surface area (Å²) in [5.41, 5.74) is 1.21. The van der Waals surface area contributed by atoms with E-state index in [0.29, 0.717) is 19.2 Å². The number of benzene rings is 1. The predicted octanol–water partition coefficient (Wildman–Crippen LogP) is 4.24. The fourth-order valence-corrected chi connectivity index (χ4v) is 3.82. The standard InChI is InChI=1S/C24H33N3O3/c1-3-29-23(28)20-11-13-21(14-12-20)27-24(25-16-15-22-10-7-17-30-22)26-18(2)19-8-5-4-6-9-19/h4-10,17-18,20-21H,3,11-16H2,1-2H3,(H2,25,26,27). The molecule has 1 unspecified atom stereocenters. The number of nitrogens with one attached hydrogen (secondary N) is 2. The molecule has 2 N–H and O–H groups in total. The quantitative estimate of drug-likeness (QED) is 0.386. The van der Waals surface area contributed by atoms with Crippen LogP contribution in [0.5, 0.6) is 0 Å². The van der Waals surface area contributed by atoms with E-state index < -0.39 is 0 Å². The maximum atomic E-state index is 12.0. The fourth-order valence-electron chi connectivity index (χ4n) is 3.82. The smallest absolute Gasteiger partial charge is 0.308 e. The zero-order valence-corrected chi connectivity index (χ0v) is 18.0. The minimum atomic E-state index is -0.0564. The Balaban J connectivity index is 1.58. The molecule has 6 heteroatoms. The van der Waals surface area contributed by atoms with Crippen molar-refractivity contribution in [3.63, 3.8) is 0 Å². The summed E-state index contributed by atoms with van der Waals surface area (Å²) in [6.07, 6.45) is 6.02. The molecule has 1 aromatic heterocycles. The first-order valence-electron chi connectivity index (χ1n) is 11.0. The molecular formula is C24H33N3O3. The van der Waals surface area contributed by atoms with Crippen LogP contribution in [0.1, 0.15) is 56.9 Å². The van der Waals surface area contributed by atoms with Crippen molar-refractivity contribution >= 4 is 11.9 Å². The fraction of sp³-hybridized carbons (Fsp3) is 0.500. The van der Waals surface area contributed by atoms with Gasteiger partial charge in [-0.25, -0.2) is 0 Å². The number of hydrogen-bond acceptors (Lipinski definition) is 4. The van der Waals surface area contributed by atoms with Crippen LogP contribution in [-0.4, -0.2) is 31.1 Å². The van der Waals surface area contributed by atoms with Gasteiger partial charge in [-0.2, -0.15) is 0 Å². The highest BCUT2D eigenvalue weighted by molar-refractivity contribution is 5.80. The monoisotopic (exact) mass is 411 g/mol. The van der Waals surface area contributed by atoms with Gasteiger partial charge in [0.1, 0.15) is 5.76 Å². The Bertz CT molecular complexity index is 781. The van der Waals surface area contributed by atoms with E-state index in [9.17, 15) is 4.79 Å². The van der Waals surface area contributed by atoms with Crippen molar-refractivity contribution in [1.29, 1.82) is 0 Å². The summed E-state index contributed by atoms with van der Waals surface area (Å²) in [4.78, 5) is 16.8. The van der Waals surface area contributed by atoms with E-state index in [0.717, 1.165) is 43.8 Å². The van der Waals surface area contributed by atoms with Gasteiger partial charge in [0, 0.05) is 19.0 Å². The molecule has 162 valence electrons. The third kappa shape index (κ3) is 6.65. The second kappa shape index (κ2) is 11.4. The van der Waals surface area contributed by atoms with Crippen molar-refractivity contribution in [2.24, 2.45) is 10.9 Å². The highest BCUT2D eigenvalue weighted by Crippen LogP contribution is 2.25. The summed E-state index contributed by atoms with van der Waals surface area (Å²) < 4.78 is 10.6. The first-order chi connectivity index (χ1) is 14.7. The van der Waals surface area contributed by atoms with Crippen LogP contribution in [0.25, 0.3) is 0 Å². The Morgan fingerprint density at radius 1 is 1.17 bits per heavy atom. The summed E-state index contributed by atoms with van der Waals surface area (Å²) in [6, 6.07) is 14.6. The number of furan rings is 1. The average Bonchev–Trinajstić information content (AvgIpc) is 3.28. The van der Waals surface area contributed by atoms with E-state index in [-0.39, 0.29) is 17.9 Å². The van der Waals surface area contributed by atoms with Crippen LogP contribution in [0.2, 0.25) is 0 Å². The van der Waals surface area contributed by atoms with Crippen molar-refractivity contribution in [3.8, 4) is 0 Å². The molecule has 1 aromatic carbocycles. The zero-order valence-electron chi connectivity index (χ0n) is 18.0. The van der Waals surface area contributed by atoms with Crippen LogP contribution in [0, 0.1) is 5.92 Å². The Hall–Kier alpha value is -2.76. The van der Waals surface area contributed by atoms with E-state index in [4.69, 9.17) is 14.1 Å². The van der Waals surface area contributed by atoms with E-state index in [1.165, 1.54) is 5.56 Å². The molecule has 1 atom stereocenters. The largest absolute Gasteiger partial charge is 0.469 e. The van der Waals surface area contributed by atoms with E-state index >= 15 is 0 Å². The molecule has 1 aliphatic carbocycles. The first-order valence-corrected chi connectivity index (χ1v) is 11.0. The molecule has 0 bridgehead atoms. The maximum Gasteiger partial charge on any atom is 0.308 e. The van der Waals surface area contributed by atoms with Gasteiger partial charge >= 0.3 is 5.97 Å². The molecule has 0 radical (unpaired) electrons. The summed E-state index contributed by atoms with van der Waals surface area (Å²) >= 11 is 0. The molecule has 0 amide bonds. The van der Waals surface area contributed by atoms with Gasteiger partial charge in [-0.1, -0.05) is 30.3 Å². The molecule has 0 saturated heterocycles. The molecule has 1 fully saturated rings. The van der Waals surface area contributed by atoms with Gasteiger partial charge in [-0.15, -0.1) is 0 Å². The number of hydrogen-bond donors (Lipinski definition) is 2. The van der Waals surface area contributed by atoms with Crippen LogP contribution in [0.15, 0.2) is 58.1 Å². The predicted molar refractivity (Wildman–Crippen MR) is 118 cm³/mol. The summed E-state index contributed by atoms with van der Waals surface area (Å²) in [6.45, 7) is 5.08. The summed E-state index contributed by atoms with van der Waals surface area (Å²) in [5.74, 6) is 1.71. The number of esters is 1. The van der Waals surface area contributed by atoms with Gasteiger partial charge in [0.15, 0.2) is 5.96 Å². The Labute approximate surface area is 179 Å². The molecule has 6 nitrogen and oxygen atoms in total. The Kier molecular flexibility index (Phi) is 8.36. The van der Waals surface area contributed by atoms with Crippen molar-refractivity contribution in [1.82, 2.24) is 10.6 Å². The number of ether oxygens (including phenoxy) is 1. The zero-order chi connectivity index (χ0) is 21.2. The molecule has 30 heavy (non-hydrogen) atoms. The van der Waals surface area contributed by atoms with Crippen molar-refractivity contribution in [3.05, 3.63) is 60.1 Å². The summed E-state index contributed by atoms with van der Waals surface area (Å²) in [7, 11) is 0. The summed E-state index contributed by atoms with van der Waals surface area (Å²) in [5, 5.41) is 7.12. The van der Waals surface area contributed by atoms with Crippen LogP contribution in [0.3, 0.4) is 0 Å². The molecule has 0 spiro atoms. The van der Waals surface area contributed by atoms with Crippen molar-refractivity contribution in [2.45, 2.75) is 58.0 Å². The molecular weight excluding hydrogens is 378 g/mol. The lowest BCUT2D eigenvalue weighted by molar-refractivity contribution is -0.149. The van der Waals surface area contributed by atoms with Crippen molar-refractivity contribution in [2.75, 3.05) is 13.2 Å². The van der Waals surface area contributed by atoms with Crippen LogP contribution < -0.4 is 10.6 Å². The molecule has 3 rings (SSSR count).